The Kier molecular flexibility index (Phi) is 4.70. The summed E-state index contributed by atoms with van der Waals surface area (Å²) >= 11 is 7.80. The molecule has 0 aliphatic rings. The molecule has 2 aromatic carbocycles. The van der Waals surface area contributed by atoms with Crippen LogP contribution in [0.1, 0.15) is 21.7 Å². The van der Waals surface area contributed by atoms with Gasteiger partial charge >= 0.3 is 5.97 Å². The van der Waals surface area contributed by atoms with Crippen LogP contribution < -0.4 is 5.32 Å². The Morgan fingerprint density at radius 3 is 2.93 bits per heavy atom. The standard InChI is InChI=1S/C19H13ClN4O2S/c20-14-9-21-17(7-11-2-1-3-12(6-11)19(25)26)24-18(14)23-13-4-5-15-16(8-13)27-10-22-15/h1-6,8-10H,7H2,(H,25,26)(H,21,23,24). The van der Waals surface area contributed by atoms with Crippen LogP contribution in [-0.4, -0.2) is 26.0 Å². The zero-order valence-corrected chi connectivity index (χ0v) is 15.5. The third kappa shape index (κ3) is 3.89. The van der Waals surface area contributed by atoms with E-state index in [2.05, 4.69) is 20.3 Å². The first-order valence-corrected chi connectivity index (χ1v) is 9.28. The lowest BCUT2D eigenvalue weighted by Crippen LogP contribution is -2.03. The van der Waals surface area contributed by atoms with Crippen LogP contribution in [0.15, 0.2) is 54.2 Å². The van der Waals surface area contributed by atoms with Gasteiger partial charge in [-0.25, -0.2) is 19.7 Å². The van der Waals surface area contributed by atoms with Crippen molar-refractivity contribution in [1.29, 1.82) is 0 Å². The molecule has 0 atom stereocenters. The van der Waals surface area contributed by atoms with Crippen molar-refractivity contribution in [1.82, 2.24) is 15.0 Å². The maximum absolute atomic E-state index is 11.1. The molecule has 0 amide bonds. The molecular formula is C19H13ClN4O2S. The van der Waals surface area contributed by atoms with Crippen molar-refractivity contribution in [2.24, 2.45) is 0 Å². The Labute approximate surface area is 163 Å². The fourth-order valence-corrected chi connectivity index (χ4v) is 3.50. The molecule has 2 heterocycles. The summed E-state index contributed by atoms with van der Waals surface area (Å²) in [6, 6.07) is 12.6. The second-order valence-corrected chi connectivity index (χ2v) is 7.12. The number of aromatic nitrogens is 3. The predicted octanol–water partition coefficient (Wildman–Crippen LogP) is 4.77. The molecule has 2 aromatic heterocycles. The summed E-state index contributed by atoms with van der Waals surface area (Å²) in [5.41, 5.74) is 4.64. The fraction of sp³-hybridized carbons (Fsp3) is 0.0526. The number of nitrogens with zero attached hydrogens (tertiary/aromatic N) is 3. The van der Waals surface area contributed by atoms with E-state index < -0.39 is 5.97 Å². The maximum Gasteiger partial charge on any atom is 0.335 e. The number of carboxylic acid groups (broad SMARTS) is 1. The Balaban J connectivity index is 1.59. The Morgan fingerprint density at radius 2 is 2.07 bits per heavy atom. The van der Waals surface area contributed by atoms with Crippen molar-refractivity contribution in [2.75, 3.05) is 5.32 Å². The van der Waals surface area contributed by atoms with Crippen LogP contribution in [0.5, 0.6) is 0 Å². The highest BCUT2D eigenvalue weighted by atomic mass is 35.5. The number of hydrogen-bond donors (Lipinski definition) is 2. The molecular weight excluding hydrogens is 384 g/mol. The summed E-state index contributed by atoms with van der Waals surface area (Å²) in [4.78, 5) is 24.1. The van der Waals surface area contributed by atoms with Gasteiger partial charge in [-0.2, -0.15) is 0 Å². The van der Waals surface area contributed by atoms with E-state index in [-0.39, 0.29) is 5.56 Å². The number of thiazole rings is 1. The topological polar surface area (TPSA) is 88.0 Å². The number of carbonyl (C=O) groups is 1. The van der Waals surface area contributed by atoms with Gasteiger partial charge in [-0.05, 0) is 35.9 Å². The quantitative estimate of drug-likeness (QED) is 0.505. The Bertz CT molecular complexity index is 1150. The highest BCUT2D eigenvalue weighted by Gasteiger charge is 2.09. The van der Waals surface area contributed by atoms with Crippen LogP contribution in [0.2, 0.25) is 5.02 Å². The molecule has 0 saturated heterocycles. The molecule has 0 aliphatic heterocycles. The minimum Gasteiger partial charge on any atom is -0.478 e. The molecule has 4 aromatic rings. The van der Waals surface area contributed by atoms with Crippen molar-refractivity contribution >= 4 is 50.6 Å². The van der Waals surface area contributed by atoms with Crippen LogP contribution in [0, 0.1) is 0 Å². The lowest BCUT2D eigenvalue weighted by atomic mass is 10.1. The van der Waals surface area contributed by atoms with Gasteiger partial charge in [0.25, 0.3) is 0 Å². The predicted molar refractivity (Wildman–Crippen MR) is 106 cm³/mol. The highest BCUT2D eigenvalue weighted by molar-refractivity contribution is 7.16. The number of fused-ring (bicyclic) bond motifs is 1. The first-order chi connectivity index (χ1) is 13.1. The van der Waals surface area contributed by atoms with Gasteiger partial charge in [0, 0.05) is 12.1 Å². The van der Waals surface area contributed by atoms with Crippen LogP contribution in [0.4, 0.5) is 11.5 Å². The second-order valence-electron chi connectivity index (χ2n) is 5.82. The van der Waals surface area contributed by atoms with E-state index in [0.717, 1.165) is 21.5 Å². The molecule has 0 aliphatic carbocycles. The third-order valence-electron chi connectivity index (χ3n) is 3.92. The summed E-state index contributed by atoms with van der Waals surface area (Å²) in [6.07, 6.45) is 1.94. The van der Waals surface area contributed by atoms with Gasteiger partial charge in [0.2, 0.25) is 0 Å². The molecule has 27 heavy (non-hydrogen) atoms. The molecule has 8 heteroatoms. The van der Waals surface area contributed by atoms with Gasteiger partial charge in [0.15, 0.2) is 5.82 Å². The van der Waals surface area contributed by atoms with Crippen molar-refractivity contribution in [3.05, 3.63) is 76.1 Å². The second kappa shape index (κ2) is 7.30. The Hall–Kier alpha value is -3.03. The molecule has 4 rings (SSSR count). The monoisotopic (exact) mass is 396 g/mol. The molecule has 0 fully saturated rings. The number of anilines is 2. The first-order valence-electron chi connectivity index (χ1n) is 8.02. The summed E-state index contributed by atoms with van der Waals surface area (Å²) < 4.78 is 1.07. The smallest absolute Gasteiger partial charge is 0.335 e. The lowest BCUT2D eigenvalue weighted by molar-refractivity contribution is 0.0696. The van der Waals surface area contributed by atoms with E-state index in [1.807, 2.05) is 24.3 Å². The molecule has 0 unspecified atom stereocenters. The fourth-order valence-electron chi connectivity index (χ4n) is 2.64. The van der Waals surface area contributed by atoms with Gasteiger partial charge in [-0.1, -0.05) is 23.7 Å². The van der Waals surface area contributed by atoms with Crippen molar-refractivity contribution in [3.63, 3.8) is 0 Å². The van der Waals surface area contributed by atoms with Gasteiger partial charge in [-0.15, -0.1) is 11.3 Å². The number of carboxylic acids is 1. The van der Waals surface area contributed by atoms with E-state index in [0.29, 0.717) is 23.1 Å². The number of nitrogens with one attached hydrogen (secondary N) is 1. The lowest BCUT2D eigenvalue weighted by Gasteiger charge is -2.09. The zero-order valence-electron chi connectivity index (χ0n) is 13.9. The largest absolute Gasteiger partial charge is 0.478 e. The summed E-state index contributed by atoms with van der Waals surface area (Å²) in [5, 5.41) is 12.7. The molecule has 2 N–H and O–H groups in total. The minimum absolute atomic E-state index is 0.234. The molecule has 0 spiro atoms. The maximum atomic E-state index is 11.1. The van der Waals surface area contributed by atoms with Crippen molar-refractivity contribution < 1.29 is 9.90 Å². The van der Waals surface area contributed by atoms with Crippen LogP contribution in [0.3, 0.4) is 0 Å². The van der Waals surface area contributed by atoms with Crippen molar-refractivity contribution in [3.8, 4) is 0 Å². The van der Waals surface area contributed by atoms with Gasteiger partial charge < -0.3 is 10.4 Å². The molecule has 6 nitrogen and oxygen atoms in total. The summed E-state index contributed by atoms with van der Waals surface area (Å²) in [5.74, 6) is 0.0814. The van der Waals surface area contributed by atoms with Gasteiger partial charge in [0.05, 0.1) is 27.5 Å². The number of halogens is 1. The zero-order chi connectivity index (χ0) is 18.8. The van der Waals surface area contributed by atoms with Crippen molar-refractivity contribution in [2.45, 2.75) is 6.42 Å². The Morgan fingerprint density at radius 1 is 1.19 bits per heavy atom. The molecule has 0 saturated carbocycles. The molecule has 0 bridgehead atoms. The number of hydrogen-bond acceptors (Lipinski definition) is 6. The van der Waals surface area contributed by atoms with Gasteiger partial charge in [0.1, 0.15) is 10.8 Å². The summed E-state index contributed by atoms with van der Waals surface area (Å²) in [6.45, 7) is 0. The van der Waals surface area contributed by atoms with E-state index in [1.165, 1.54) is 0 Å². The third-order valence-corrected chi connectivity index (χ3v) is 4.99. The van der Waals surface area contributed by atoms with E-state index in [9.17, 15) is 4.79 Å². The van der Waals surface area contributed by atoms with Crippen LogP contribution >= 0.6 is 22.9 Å². The number of aromatic carboxylic acids is 1. The average Bonchev–Trinajstić information content (AvgIpc) is 3.12. The molecule has 0 radical (unpaired) electrons. The number of rotatable bonds is 5. The van der Waals surface area contributed by atoms with E-state index in [4.69, 9.17) is 16.7 Å². The van der Waals surface area contributed by atoms with Gasteiger partial charge in [-0.3, -0.25) is 0 Å². The van der Waals surface area contributed by atoms with Crippen LogP contribution in [-0.2, 0) is 6.42 Å². The summed E-state index contributed by atoms with van der Waals surface area (Å²) in [7, 11) is 0. The molecule has 134 valence electrons. The first kappa shape index (κ1) is 17.4. The van der Waals surface area contributed by atoms with E-state index >= 15 is 0 Å². The highest BCUT2D eigenvalue weighted by Crippen LogP contribution is 2.27. The SMILES string of the molecule is O=C(O)c1cccc(Cc2ncc(Cl)c(Nc3ccc4ncsc4c3)n2)c1. The average molecular weight is 397 g/mol. The minimum atomic E-state index is -0.963. The van der Waals surface area contributed by atoms with Crippen LogP contribution in [0.25, 0.3) is 10.2 Å². The van der Waals surface area contributed by atoms with E-state index in [1.54, 1.807) is 41.2 Å². The normalized spacial score (nSPS) is 10.9. The number of benzene rings is 2.